The maximum Gasteiger partial charge on any atom is 0.329 e. The van der Waals surface area contributed by atoms with Crippen LogP contribution in [0.3, 0.4) is 0 Å². The monoisotopic (exact) mass is 453 g/mol. The van der Waals surface area contributed by atoms with Crippen molar-refractivity contribution >= 4 is 34.5 Å². The molecule has 0 aliphatic carbocycles. The third kappa shape index (κ3) is 5.58. The summed E-state index contributed by atoms with van der Waals surface area (Å²) in [6.07, 6.45) is 1.44. The van der Waals surface area contributed by atoms with Crippen LogP contribution in [0, 0.1) is 0 Å². The summed E-state index contributed by atoms with van der Waals surface area (Å²) in [7, 11) is 1.48. The number of nitrogens with zero attached hydrogens (tertiary/aromatic N) is 1. The van der Waals surface area contributed by atoms with Gasteiger partial charge in [0.2, 0.25) is 0 Å². The van der Waals surface area contributed by atoms with Gasteiger partial charge in [0, 0.05) is 0 Å². The van der Waals surface area contributed by atoms with E-state index in [0.717, 1.165) is 16.3 Å². The normalized spacial score (nSPS) is 10.7. The van der Waals surface area contributed by atoms with Crippen LogP contribution in [0.25, 0.3) is 10.8 Å². The molecule has 4 rings (SSSR count). The molecule has 0 spiro atoms. The Morgan fingerprint density at radius 3 is 2.53 bits per heavy atom. The maximum absolute atomic E-state index is 12.1. The first-order chi connectivity index (χ1) is 16.6. The van der Waals surface area contributed by atoms with E-state index in [2.05, 4.69) is 34.0 Å². The van der Waals surface area contributed by atoms with E-state index < -0.39 is 11.8 Å². The van der Waals surface area contributed by atoms with E-state index in [9.17, 15) is 9.59 Å². The van der Waals surface area contributed by atoms with Gasteiger partial charge in [-0.1, -0.05) is 66.7 Å². The molecule has 0 heterocycles. The van der Waals surface area contributed by atoms with Gasteiger partial charge in [0.05, 0.1) is 19.0 Å². The number of carbonyl (C=O) groups is 2. The van der Waals surface area contributed by atoms with Crippen LogP contribution in [0.4, 0.5) is 5.69 Å². The molecule has 0 aliphatic rings. The van der Waals surface area contributed by atoms with Crippen LogP contribution in [-0.2, 0) is 16.2 Å². The lowest BCUT2D eigenvalue weighted by Crippen LogP contribution is -2.32. The van der Waals surface area contributed by atoms with Crippen LogP contribution < -0.4 is 20.2 Å². The van der Waals surface area contributed by atoms with Crippen molar-refractivity contribution in [2.45, 2.75) is 6.61 Å². The summed E-state index contributed by atoms with van der Waals surface area (Å²) in [5.41, 5.74) is 4.41. The molecule has 34 heavy (non-hydrogen) atoms. The zero-order chi connectivity index (χ0) is 23.8. The van der Waals surface area contributed by atoms with Crippen LogP contribution in [0.2, 0.25) is 0 Å². The van der Waals surface area contributed by atoms with E-state index in [1.165, 1.54) is 13.3 Å². The first-order valence-electron chi connectivity index (χ1n) is 10.6. The van der Waals surface area contributed by atoms with E-state index in [1.54, 1.807) is 30.3 Å². The minimum Gasteiger partial charge on any atom is -0.495 e. The van der Waals surface area contributed by atoms with Gasteiger partial charge < -0.3 is 14.8 Å². The number of anilines is 1. The molecule has 4 aromatic carbocycles. The molecule has 0 atom stereocenters. The molecule has 0 fully saturated rings. The zero-order valence-corrected chi connectivity index (χ0v) is 18.5. The third-order valence-electron chi connectivity index (χ3n) is 5.07. The van der Waals surface area contributed by atoms with Crippen molar-refractivity contribution in [1.29, 1.82) is 0 Å². The molecule has 170 valence electrons. The highest BCUT2D eigenvalue weighted by atomic mass is 16.5. The van der Waals surface area contributed by atoms with E-state index in [-0.39, 0.29) is 0 Å². The van der Waals surface area contributed by atoms with Crippen LogP contribution in [0.1, 0.15) is 11.1 Å². The fourth-order valence-electron chi connectivity index (χ4n) is 3.41. The first kappa shape index (κ1) is 22.5. The van der Waals surface area contributed by atoms with Gasteiger partial charge in [-0.3, -0.25) is 9.59 Å². The van der Waals surface area contributed by atoms with Gasteiger partial charge in [-0.25, -0.2) is 5.43 Å². The fraction of sp³-hybridized carbons (Fsp3) is 0.0741. The van der Waals surface area contributed by atoms with Crippen LogP contribution in [0.15, 0.2) is 96.1 Å². The Kier molecular flexibility index (Phi) is 7.15. The van der Waals surface area contributed by atoms with Crippen LogP contribution >= 0.6 is 0 Å². The maximum atomic E-state index is 12.1. The molecule has 0 radical (unpaired) electrons. The molecular weight excluding hydrogens is 430 g/mol. The lowest BCUT2D eigenvalue weighted by atomic mass is 10.1. The third-order valence-corrected chi connectivity index (χ3v) is 5.07. The summed E-state index contributed by atoms with van der Waals surface area (Å²) in [6.45, 7) is 0.418. The summed E-state index contributed by atoms with van der Waals surface area (Å²) >= 11 is 0. The Labute approximate surface area is 197 Å². The van der Waals surface area contributed by atoms with Crippen molar-refractivity contribution in [1.82, 2.24) is 5.43 Å². The largest absolute Gasteiger partial charge is 0.495 e. The number of benzene rings is 4. The summed E-state index contributed by atoms with van der Waals surface area (Å²) in [6, 6.07) is 28.4. The smallest absolute Gasteiger partial charge is 0.329 e. The molecule has 7 nitrogen and oxygen atoms in total. The SMILES string of the molecule is COc1ccccc1NC(=O)C(=O)N/N=C/c1cccc(OCc2cccc3ccccc23)c1. The van der Waals surface area contributed by atoms with Crippen molar-refractivity contribution in [3.8, 4) is 11.5 Å². The highest BCUT2D eigenvalue weighted by Crippen LogP contribution is 2.23. The molecule has 0 aromatic heterocycles. The summed E-state index contributed by atoms with van der Waals surface area (Å²) in [5, 5.41) is 8.68. The number of hydrazone groups is 1. The molecule has 2 amide bonds. The topological polar surface area (TPSA) is 89.0 Å². The summed E-state index contributed by atoms with van der Waals surface area (Å²) in [4.78, 5) is 24.2. The van der Waals surface area contributed by atoms with E-state index in [0.29, 0.717) is 29.4 Å². The Balaban J connectivity index is 1.34. The number of hydrogen-bond acceptors (Lipinski definition) is 5. The molecule has 7 heteroatoms. The van der Waals surface area contributed by atoms with Crippen molar-refractivity contribution in [3.63, 3.8) is 0 Å². The highest BCUT2D eigenvalue weighted by Gasteiger charge is 2.14. The van der Waals surface area contributed by atoms with Gasteiger partial charge >= 0.3 is 11.8 Å². The Hall–Kier alpha value is -4.65. The lowest BCUT2D eigenvalue weighted by molar-refractivity contribution is -0.136. The molecular formula is C27H23N3O4. The van der Waals surface area contributed by atoms with E-state index in [1.807, 2.05) is 42.5 Å². The Morgan fingerprint density at radius 2 is 1.65 bits per heavy atom. The predicted molar refractivity (Wildman–Crippen MR) is 132 cm³/mol. The number of nitrogens with one attached hydrogen (secondary N) is 2. The second kappa shape index (κ2) is 10.8. The number of ether oxygens (including phenoxy) is 2. The minimum absolute atomic E-state index is 0.394. The molecule has 0 saturated carbocycles. The van der Waals surface area contributed by atoms with Crippen molar-refractivity contribution in [3.05, 3.63) is 102 Å². The number of methoxy groups -OCH3 is 1. The Bertz CT molecular complexity index is 1350. The van der Waals surface area contributed by atoms with Crippen LogP contribution in [0.5, 0.6) is 11.5 Å². The molecule has 0 bridgehead atoms. The van der Waals surface area contributed by atoms with Gasteiger partial charge in [-0.2, -0.15) is 5.10 Å². The molecule has 0 saturated heterocycles. The first-order valence-corrected chi connectivity index (χ1v) is 10.6. The number of fused-ring (bicyclic) bond motifs is 1. The van der Waals surface area contributed by atoms with Gasteiger partial charge in [0.15, 0.2) is 0 Å². The van der Waals surface area contributed by atoms with Gasteiger partial charge in [0.1, 0.15) is 18.1 Å². The molecule has 0 unspecified atom stereocenters. The standard InChI is InChI=1S/C27H23N3O4/c1-33-25-15-5-4-14-24(25)29-26(31)27(32)30-28-17-19-8-6-12-22(16-19)34-18-21-11-7-10-20-9-2-3-13-23(20)21/h2-17H,18H2,1H3,(H,29,31)(H,30,32)/b28-17+. The number of para-hydroxylation sites is 2. The minimum atomic E-state index is -0.898. The second-order valence-corrected chi connectivity index (χ2v) is 7.35. The van der Waals surface area contributed by atoms with Gasteiger partial charge in [-0.15, -0.1) is 0 Å². The van der Waals surface area contributed by atoms with Crippen molar-refractivity contribution in [2.75, 3.05) is 12.4 Å². The number of carbonyl (C=O) groups excluding carboxylic acids is 2. The number of rotatable bonds is 7. The highest BCUT2D eigenvalue weighted by molar-refractivity contribution is 6.39. The van der Waals surface area contributed by atoms with Gasteiger partial charge in [-0.05, 0) is 46.2 Å². The quantitative estimate of drug-likeness (QED) is 0.245. The number of hydrogen-bond donors (Lipinski definition) is 2. The molecule has 0 aliphatic heterocycles. The summed E-state index contributed by atoms with van der Waals surface area (Å²) in [5.74, 6) is -0.635. The predicted octanol–water partition coefficient (Wildman–Crippen LogP) is 4.52. The summed E-state index contributed by atoms with van der Waals surface area (Å²) < 4.78 is 11.1. The fourth-order valence-corrected chi connectivity index (χ4v) is 3.41. The van der Waals surface area contributed by atoms with Crippen molar-refractivity contribution in [2.24, 2.45) is 5.10 Å². The zero-order valence-electron chi connectivity index (χ0n) is 18.5. The number of amides is 2. The van der Waals surface area contributed by atoms with E-state index >= 15 is 0 Å². The van der Waals surface area contributed by atoms with Crippen molar-refractivity contribution < 1.29 is 19.1 Å². The van der Waals surface area contributed by atoms with Crippen LogP contribution in [-0.4, -0.2) is 25.1 Å². The second-order valence-electron chi connectivity index (χ2n) is 7.35. The van der Waals surface area contributed by atoms with Gasteiger partial charge in [0.25, 0.3) is 0 Å². The lowest BCUT2D eigenvalue weighted by Gasteiger charge is -2.09. The molecule has 2 N–H and O–H groups in total. The average molecular weight is 453 g/mol. The molecule has 4 aromatic rings. The average Bonchev–Trinajstić information content (AvgIpc) is 2.88. The Morgan fingerprint density at radius 1 is 0.882 bits per heavy atom. The van der Waals surface area contributed by atoms with E-state index in [4.69, 9.17) is 9.47 Å².